The van der Waals surface area contributed by atoms with Gasteiger partial charge in [-0.3, -0.25) is 4.79 Å². The Kier molecular flexibility index (Phi) is 4.38. The molecule has 0 unspecified atom stereocenters. The van der Waals surface area contributed by atoms with Crippen molar-refractivity contribution in [2.45, 2.75) is 6.54 Å². The summed E-state index contributed by atoms with van der Waals surface area (Å²) in [5, 5.41) is 0. The van der Waals surface area contributed by atoms with E-state index in [2.05, 4.69) is 0 Å². The van der Waals surface area contributed by atoms with E-state index < -0.39 is 0 Å². The van der Waals surface area contributed by atoms with Gasteiger partial charge in [0.2, 0.25) is 0 Å². The summed E-state index contributed by atoms with van der Waals surface area (Å²) in [5.74, 6) is -0.0998. The number of nitrogen functional groups attached to an aromatic ring is 1. The van der Waals surface area contributed by atoms with E-state index in [0.29, 0.717) is 29.2 Å². The first-order chi connectivity index (χ1) is 11.6. The molecule has 120 valence electrons. The van der Waals surface area contributed by atoms with Gasteiger partial charge in [-0.1, -0.05) is 36.4 Å². The van der Waals surface area contributed by atoms with Gasteiger partial charge in [0.15, 0.2) is 0 Å². The summed E-state index contributed by atoms with van der Waals surface area (Å²) in [7, 11) is 1.85. The van der Waals surface area contributed by atoms with Crippen molar-refractivity contribution < 1.29 is 4.79 Å². The summed E-state index contributed by atoms with van der Waals surface area (Å²) >= 11 is 0. The minimum atomic E-state index is -0.0998. The van der Waals surface area contributed by atoms with E-state index in [-0.39, 0.29) is 5.91 Å². The molecule has 2 aromatic carbocycles. The molecule has 4 heteroatoms. The number of benzene rings is 2. The molecule has 0 atom stereocenters. The van der Waals surface area contributed by atoms with Crippen molar-refractivity contribution in [3.63, 3.8) is 0 Å². The monoisotopic (exact) mass is 317 g/mol. The quantitative estimate of drug-likeness (QED) is 0.749. The lowest BCUT2D eigenvalue weighted by molar-refractivity contribution is 0.0977. The van der Waals surface area contributed by atoms with E-state index in [9.17, 15) is 4.79 Å². The second-order valence-corrected chi connectivity index (χ2v) is 5.70. The van der Waals surface area contributed by atoms with Crippen LogP contribution >= 0.6 is 0 Å². The Morgan fingerprint density at radius 2 is 1.79 bits per heavy atom. The fraction of sp³-hybridized carbons (Fsp3) is 0.100. The Hall–Kier alpha value is -3.01. The van der Waals surface area contributed by atoms with Crippen LogP contribution in [0.1, 0.15) is 21.6 Å². The van der Waals surface area contributed by atoms with E-state index in [1.807, 2.05) is 61.8 Å². The van der Waals surface area contributed by atoms with E-state index in [4.69, 9.17) is 12.7 Å². The fourth-order valence-electron chi connectivity index (χ4n) is 2.63. The molecule has 1 aromatic heterocycles. The summed E-state index contributed by atoms with van der Waals surface area (Å²) in [4.78, 5) is 14.8. The average molecular weight is 317 g/mol. The Morgan fingerprint density at radius 3 is 2.42 bits per heavy atom. The third kappa shape index (κ3) is 3.18. The molecule has 0 bridgehead atoms. The van der Waals surface area contributed by atoms with Crippen molar-refractivity contribution in [3.05, 3.63) is 90.6 Å². The molecule has 0 fully saturated rings. The van der Waals surface area contributed by atoms with Crippen molar-refractivity contribution in [1.29, 1.82) is 0 Å². The maximum absolute atomic E-state index is 13.1. The summed E-state index contributed by atoms with van der Waals surface area (Å²) in [6.07, 6.45) is 1.85. The number of hydrogen-bond acceptors (Lipinski definition) is 2. The number of carbonyl (C=O) groups excluding carboxylic acids is 1. The van der Waals surface area contributed by atoms with Crippen LogP contribution in [-0.2, 0) is 13.6 Å². The third-order valence-corrected chi connectivity index (χ3v) is 3.96. The van der Waals surface area contributed by atoms with Gasteiger partial charge in [0.05, 0.1) is 17.9 Å². The number of aromatic nitrogens is 1. The molecule has 3 rings (SSSR count). The summed E-state index contributed by atoms with van der Waals surface area (Å²) < 4.78 is 1.80. The molecule has 0 saturated heterocycles. The van der Waals surface area contributed by atoms with E-state index in [1.165, 1.54) is 0 Å². The van der Waals surface area contributed by atoms with Crippen molar-refractivity contribution in [2.24, 2.45) is 7.05 Å². The van der Waals surface area contributed by atoms with Crippen LogP contribution in [0.3, 0.4) is 0 Å². The zero-order valence-electron chi connectivity index (χ0n) is 13.5. The van der Waals surface area contributed by atoms with Crippen LogP contribution in [-0.4, -0.2) is 10.5 Å². The van der Waals surface area contributed by atoms with E-state index in [0.717, 1.165) is 5.56 Å². The summed E-state index contributed by atoms with van der Waals surface area (Å²) in [6, 6.07) is 18.5. The molecule has 2 radical (unpaired) electrons. The van der Waals surface area contributed by atoms with E-state index in [1.54, 1.807) is 21.6 Å². The molecule has 24 heavy (non-hydrogen) atoms. The lowest BCUT2D eigenvalue weighted by Gasteiger charge is -2.24. The first-order valence-corrected chi connectivity index (χ1v) is 7.68. The number of aryl methyl sites for hydroxylation is 1. The number of nitrogens with zero attached hydrogens (tertiary/aromatic N) is 2. The van der Waals surface area contributed by atoms with Gasteiger partial charge >= 0.3 is 0 Å². The summed E-state index contributed by atoms with van der Waals surface area (Å²) in [5.41, 5.74) is 9.65. The molecule has 1 amide bonds. The highest BCUT2D eigenvalue weighted by molar-refractivity contribution is 6.06. The number of rotatable bonds is 4. The number of hydrogen-bond donors (Lipinski definition) is 1. The van der Waals surface area contributed by atoms with Gasteiger partial charge in [-0.2, -0.15) is 0 Å². The van der Waals surface area contributed by atoms with Gasteiger partial charge in [-0.05, 0) is 42.3 Å². The standard InChI is InChI=1S/C20H19N3O/c1-15-9-11-16(12-10-15)14-23(18-7-4-3-6-17(18)21)20(24)19-8-5-13-22(19)2/h1,3-13H,14,21H2,2H3. The first-order valence-electron chi connectivity index (χ1n) is 7.68. The van der Waals surface area contributed by atoms with Crippen LogP contribution in [0.4, 0.5) is 11.4 Å². The van der Waals surface area contributed by atoms with Crippen LogP contribution in [0.2, 0.25) is 0 Å². The molecule has 0 aliphatic rings. The predicted octanol–water partition coefficient (Wildman–Crippen LogP) is 3.51. The minimum Gasteiger partial charge on any atom is -0.397 e. The summed E-state index contributed by atoms with van der Waals surface area (Å²) in [6.45, 7) is 6.16. The number of carbonyl (C=O) groups is 1. The van der Waals surface area contributed by atoms with Crippen LogP contribution in [0.15, 0.2) is 66.9 Å². The number of para-hydroxylation sites is 2. The second kappa shape index (κ2) is 6.62. The van der Waals surface area contributed by atoms with Crippen molar-refractivity contribution >= 4 is 17.3 Å². The molecule has 0 spiro atoms. The van der Waals surface area contributed by atoms with Gasteiger partial charge in [0, 0.05) is 13.2 Å². The predicted molar refractivity (Wildman–Crippen MR) is 96.6 cm³/mol. The van der Waals surface area contributed by atoms with Crippen molar-refractivity contribution in [3.8, 4) is 0 Å². The molecular weight excluding hydrogens is 298 g/mol. The molecule has 0 aliphatic heterocycles. The zero-order valence-corrected chi connectivity index (χ0v) is 13.5. The number of anilines is 2. The van der Waals surface area contributed by atoms with Gasteiger partial charge < -0.3 is 15.2 Å². The molecule has 1 heterocycles. The van der Waals surface area contributed by atoms with Crippen molar-refractivity contribution in [2.75, 3.05) is 10.6 Å². The molecular formula is C20H19N3O. The largest absolute Gasteiger partial charge is 0.397 e. The Labute approximate surface area is 142 Å². The van der Waals surface area contributed by atoms with Gasteiger partial charge in [0.1, 0.15) is 5.69 Å². The highest BCUT2D eigenvalue weighted by atomic mass is 16.2. The molecule has 0 aliphatic carbocycles. The van der Waals surface area contributed by atoms with Gasteiger partial charge in [0.25, 0.3) is 5.91 Å². The van der Waals surface area contributed by atoms with Crippen LogP contribution < -0.4 is 10.6 Å². The third-order valence-electron chi connectivity index (χ3n) is 3.96. The molecule has 2 N–H and O–H groups in total. The normalized spacial score (nSPS) is 10.6. The second-order valence-electron chi connectivity index (χ2n) is 5.70. The zero-order chi connectivity index (χ0) is 17.1. The van der Waals surface area contributed by atoms with Crippen molar-refractivity contribution in [1.82, 2.24) is 4.57 Å². The van der Waals surface area contributed by atoms with Gasteiger partial charge in [-0.25, -0.2) is 0 Å². The van der Waals surface area contributed by atoms with Crippen LogP contribution in [0.5, 0.6) is 0 Å². The Bertz CT molecular complexity index is 849. The number of amides is 1. The van der Waals surface area contributed by atoms with Crippen LogP contribution in [0, 0.1) is 6.92 Å². The highest BCUT2D eigenvalue weighted by Gasteiger charge is 2.21. The number of nitrogens with two attached hydrogens (primary N) is 1. The van der Waals surface area contributed by atoms with E-state index >= 15 is 0 Å². The van der Waals surface area contributed by atoms with Gasteiger partial charge in [-0.15, -0.1) is 0 Å². The highest BCUT2D eigenvalue weighted by Crippen LogP contribution is 2.26. The smallest absolute Gasteiger partial charge is 0.275 e. The first kappa shape index (κ1) is 15.9. The fourth-order valence-corrected chi connectivity index (χ4v) is 2.63. The molecule has 4 nitrogen and oxygen atoms in total. The Balaban J connectivity index is 2.01. The Morgan fingerprint density at radius 1 is 1.08 bits per heavy atom. The molecule has 3 aromatic rings. The lowest BCUT2D eigenvalue weighted by atomic mass is 10.1. The van der Waals surface area contributed by atoms with Crippen LogP contribution in [0.25, 0.3) is 0 Å². The minimum absolute atomic E-state index is 0.0998. The lowest BCUT2D eigenvalue weighted by Crippen LogP contribution is -2.32. The maximum Gasteiger partial charge on any atom is 0.275 e. The maximum atomic E-state index is 13.1. The average Bonchev–Trinajstić information content (AvgIpc) is 3.01. The molecule has 0 saturated carbocycles. The SMILES string of the molecule is [CH]c1ccc(CN(C(=O)c2cccn2C)c2ccccc2N)cc1. The topological polar surface area (TPSA) is 51.3 Å².